The van der Waals surface area contributed by atoms with Crippen LogP contribution in [-0.4, -0.2) is 45.8 Å². The summed E-state index contributed by atoms with van der Waals surface area (Å²) in [5, 5.41) is 4.50. The van der Waals surface area contributed by atoms with Crippen molar-refractivity contribution in [1.29, 1.82) is 0 Å². The van der Waals surface area contributed by atoms with Gasteiger partial charge in [-0.15, -0.1) is 0 Å². The molecule has 128 valence electrons. The molecule has 0 spiro atoms. The number of quaternary nitrogens is 2. The number of rotatable bonds is 4. The van der Waals surface area contributed by atoms with E-state index in [0.29, 0.717) is 0 Å². The van der Waals surface area contributed by atoms with E-state index in [9.17, 15) is 0 Å². The molecule has 20 heavy (non-hydrogen) atoms. The highest BCUT2D eigenvalue weighted by atomic mass is 31.2. The van der Waals surface area contributed by atoms with Crippen molar-refractivity contribution in [2.24, 2.45) is 0 Å². The van der Waals surface area contributed by atoms with E-state index < -0.39 is 15.6 Å². The molecule has 0 fully saturated rings. The summed E-state index contributed by atoms with van der Waals surface area (Å²) in [7, 11) is -9.78. The lowest BCUT2D eigenvalue weighted by Gasteiger charge is -2.01. The van der Waals surface area contributed by atoms with Gasteiger partial charge in [0.25, 0.3) is 15.6 Å². The van der Waals surface area contributed by atoms with E-state index in [-0.39, 0.29) is 0 Å². The zero-order valence-corrected chi connectivity index (χ0v) is 14.1. The number of hydrogen-bond acceptors (Lipinski definition) is 4. The molecule has 0 heterocycles. The van der Waals surface area contributed by atoms with Crippen LogP contribution in [0.1, 0.15) is 27.7 Å². The van der Waals surface area contributed by atoms with Crippen LogP contribution in [0.5, 0.6) is 0 Å². The molecule has 0 aromatic heterocycles. The van der Waals surface area contributed by atoms with Gasteiger partial charge in [-0.1, -0.05) is 0 Å². The molecule has 0 aromatic rings. The highest BCUT2D eigenvalue weighted by Crippen LogP contribution is 2.19. The molecule has 0 aromatic carbocycles. The third-order valence-corrected chi connectivity index (χ3v) is 1.15. The van der Waals surface area contributed by atoms with Crippen LogP contribution < -0.4 is 20.4 Å². The summed E-state index contributed by atoms with van der Waals surface area (Å²) in [4.78, 5) is 45.8. The van der Waals surface area contributed by atoms with Crippen LogP contribution in [0, 0.1) is 0 Å². The van der Waals surface area contributed by atoms with Crippen molar-refractivity contribution < 1.29 is 49.1 Å². The number of phosphoric acid groups is 2. The van der Waals surface area contributed by atoms with Crippen LogP contribution in [0.15, 0.2) is 0 Å². The predicted octanol–water partition coefficient (Wildman–Crippen LogP) is -3.94. The maximum absolute atomic E-state index is 8.77. The second-order valence-electron chi connectivity index (χ2n) is 3.19. The molecule has 10 nitrogen and oxygen atoms in total. The Labute approximate surface area is 119 Å². The largest absolute Gasteiger partial charge is 0.756 e. The Morgan fingerprint density at radius 2 is 0.800 bits per heavy atom. The Kier molecular flexibility index (Phi) is 27.1. The Morgan fingerprint density at radius 1 is 0.700 bits per heavy atom. The van der Waals surface area contributed by atoms with Gasteiger partial charge in [0.15, 0.2) is 0 Å². The fourth-order valence-electron chi connectivity index (χ4n) is 0.577. The predicted molar refractivity (Wildman–Crippen MR) is 70.1 cm³/mol. The number of nitrogens with two attached hydrogens (primary N) is 2. The van der Waals surface area contributed by atoms with Gasteiger partial charge in [-0.25, -0.2) is 0 Å². The first-order valence-electron chi connectivity index (χ1n) is 5.99. The Hall–Kier alpha value is 0.140. The maximum Gasteiger partial charge on any atom is 0.262 e. The molecule has 0 saturated carbocycles. The molecule has 0 rings (SSSR count). The van der Waals surface area contributed by atoms with Crippen molar-refractivity contribution in [1.82, 2.24) is 0 Å². The molecule has 0 atom stereocenters. The number of hydrogen-bond donors (Lipinski definition) is 6. The summed E-state index contributed by atoms with van der Waals surface area (Å²) >= 11 is 0. The maximum atomic E-state index is 8.77. The lowest BCUT2D eigenvalue weighted by Crippen LogP contribution is -2.82. The van der Waals surface area contributed by atoms with Crippen LogP contribution in [-0.2, 0) is 9.13 Å². The summed E-state index contributed by atoms with van der Waals surface area (Å²) < 4.78 is 17.5. The molecule has 8 N–H and O–H groups in total. The van der Waals surface area contributed by atoms with Crippen LogP contribution in [0.4, 0.5) is 0 Å². The lowest BCUT2D eigenvalue weighted by molar-refractivity contribution is -0.648. The van der Waals surface area contributed by atoms with Crippen LogP contribution >= 0.6 is 15.6 Å². The average molecular weight is 342 g/mol. The van der Waals surface area contributed by atoms with E-state index in [4.69, 9.17) is 38.5 Å². The summed E-state index contributed by atoms with van der Waals surface area (Å²) in [5.74, 6) is 0. The monoisotopic (exact) mass is 342 g/mol. The minimum atomic E-state index is -4.89. The van der Waals surface area contributed by atoms with Gasteiger partial charge in [0.1, 0.15) is 0 Å². The van der Waals surface area contributed by atoms with E-state index in [1.807, 2.05) is 0 Å². The second kappa shape index (κ2) is 19.1. The minimum absolute atomic E-state index is 1.22. The summed E-state index contributed by atoms with van der Waals surface area (Å²) in [6.45, 7) is 13.5. The second-order valence-corrected chi connectivity index (χ2v) is 5.15. The van der Waals surface area contributed by atoms with E-state index in [0.717, 1.165) is 0 Å². The third kappa shape index (κ3) is 311. The molecule has 0 amide bonds. The Morgan fingerprint density at radius 3 is 0.800 bits per heavy atom. The van der Waals surface area contributed by atoms with Gasteiger partial charge in [0.2, 0.25) is 0 Å². The molecule has 12 heteroatoms. The normalized spacial score (nSPS) is 10.1. The van der Waals surface area contributed by atoms with Crippen molar-refractivity contribution in [2.75, 3.05) is 26.2 Å². The van der Waals surface area contributed by atoms with Crippen molar-refractivity contribution in [3.63, 3.8) is 0 Å². The van der Waals surface area contributed by atoms with Crippen molar-refractivity contribution in [3.05, 3.63) is 0 Å². The van der Waals surface area contributed by atoms with E-state index in [1.165, 1.54) is 26.2 Å². The molecule has 0 aliphatic carbocycles. The summed E-state index contributed by atoms with van der Waals surface area (Å²) in [6, 6.07) is 0. The highest BCUT2D eigenvalue weighted by molar-refractivity contribution is 7.43. The van der Waals surface area contributed by atoms with E-state index in [1.54, 1.807) is 0 Å². The smallest absolute Gasteiger partial charge is 0.262 e. The Bertz CT molecular complexity index is 208. The van der Waals surface area contributed by atoms with Gasteiger partial charge >= 0.3 is 0 Å². The first kappa shape index (κ1) is 28.3. The summed E-state index contributed by atoms with van der Waals surface area (Å²) in [6.07, 6.45) is 0. The van der Waals surface area contributed by atoms with Crippen LogP contribution in [0.25, 0.3) is 0 Å². The fraction of sp³-hybridized carbons (Fsp3) is 1.00. The van der Waals surface area contributed by atoms with Crippen molar-refractivity contribution in [2.45, 2.75) is 27.7 Å². The fourth-order valence-corrected chi connectivity index (χ4v) is 0.577. The molecule has 0 bridgehead atoms. The summed E-state index contributed by atoms with van der Waals surface area (Å²) in [5.41, 5.74) is 0. The van der Waals surface area contributed by atoms with Crippen LogP contribution in [0.3, 0.4) is 0 Å². The molecular weight excluding hydrogens is 314 g/mol. The topological polar surface area (TPSA) is 194 Å². The third-order valence-electron chi connectivity index (χ3n) is 1.15. The standard InChI is InChI=1S/2C4H11N.2H3O4P/c2*1-3-5-4-2;2*1-5(2,3)4/h2*5H,3-4H2,1-2H3;2*(H3,1,2,3,4). The lowest BCUT2D eigenvalue weighted by atomic mass is 10.7. The van der Waals surface area contributed by atoms with Crippen LogP contribution in [0.2, 0.25) is 0 Å². The van der Waals surface area contributed by atoms with Crippen molar-refractivity contribution in [3.8, 4) is 0 Å². The van der Waals surface area contributed by atoms with Crippen molar-refractivity contribution >= 4 is 15.6 Å². The molecule has 0 unspecified atom stereocenters. The molecule has 0 saturated heterocycles. The zero-order chi connectivity index (χ0) is 17.2. The average Bonchev–Trinajstić information content (AvgIpc) is 2.15. The van der Waals surface area contributed by atoms with Gasteiger partial charge in [-0.2, -0.15) is 0 Å². The Balaban J connectivity index is -0.0000000853. The van der Waals surface area contributed by atoms with Gasteiger partial charge in [-0.05, 0) is 27.7 Å². The van der Waals surface area contributed by atoms with Gasteiger partial charge in [0, 0.05) is 0 Å². The molecule has 0 aliphatic rings. The van der Waals surface area contributed by atoms with E-state index in [2.05, 4.69) is 38.3 Å². The SMILES string of the molecule is CC[NH2+]CC.CC[NH2+]CC.O=P([O-])(O)O.O=P([O-])(O)O. The van der Waals surface area contributed by atoms with Gasteiger partial charge in [0.05, 0.1) is 26.2 Å². The molecular formula is C8H28N2O8P2. The molecule has 0 radical (unpaired) electrons. The molecule has 0 aliphatic heterocycles. The minimum Gasteiger partial charge on any atom is -0.756 e. The quantitative estimate of drug-likeness (QED) is 0.278. The highest BCUT2D eigenvalue weighted by Gasteiger charge is 1.82. The zero-order valence-electron chi connectivity index (χ0n) is 12.3. The first-order chi connectivity index (χ1) is 8.83. The first-order valence-corrected chi connectivity index (χ1v) is 9.05. The van der Waals surface area contributed by atoms with Gasteiger partial charge in [-0.3, -0.25) is 9.13 Å². The van der Waals surface area contributed by atoms with Gasteiger partial charge < -0.3 is 40.0 Å². The van der Waals surface area contributed by atoms with E-state index >= 15 is 0 Å².